The molecule has 1 aromatic heterocycles. The second kappa shape index (κ2) is 6.90. The van der Waals surface area contributed by atoms with Crippen molar-refractivity contribution >= 4 is 11.8 Å². The van der Waals surface area contributed by atoms with Gasteiger partial charge in [-0.1, -0.05) is 6.92 Å². The van der Waals surface area contributed by atoms with Gasteiger partial charge in [0.2, 0.25) is 0 Å². The highest BCUT2D eigenvalue weighted by molar-refractivity contribution is 7.98. The summed E-state index contributed by atoms with van der Waals surface area (Å²) < 4.78 is 2.08. The van der Waals surface area contributed by atoms with Gasteiger partial charge in [0.15, 0.2) is 0 Å². The predicted molar refractivity (Wildman–Crippen MR) is 62.6 cm³/mol. The van der Waals surface area contributed by atoms with Crippen molar-refractivity contribution in [2.75, 3.05) is 18.6 Å². The minimum atomic E-state index is 0.933. The van der Waals surface area contributed by atoms with E-state index >= 15 is 0 Å². The van der Waals surface area contributed by atoms with Crippen LogP contribution in [0.2, 0.25) is 0 Å². The molecule has 0 aromatic carbocycles. The van der Waals surface area contributed by atoms with Crippen molar-refractivity contribution in [2.24, 2.45) is 0 Å². The number of hydrogen-bond acceptors (Lipinski definition) is 3. The highest BCUT2D eigenvalue weighted by Crippen LogP contribution is 2.01. The molecule has 0 spiro atoms. The molecule has 14 heavy (non-hydrogen) atoms. The summed E-state index contributed by atoms with van der Waals surface area (Å²) in [6.45, 7) is 5.20. The van der Waals surface area contributed by atoms with Gasteiger partial charge in [-0.25, -0.2) is 0 Å². The number of nitrogens with one attached hydrogen (secondary N) is 1. The Balaban J connectivity index is 2.37. The van der Waals surface area contributed by atoms with Crippen LogP contribution in [-0.4, -0.2) is 28.3 Å². The predicted octanol–water partition coefficient (Wildman–Crippen LogP) is 1.75. The van der Waals surface area contributed by atoms with Crippen LogP contribution in [0.5, 0.6) is 0 Å². The fourth-order valence-corrected chi connectivity index (χ4v) is 1.64. The third-order valence-corrected chi connectivity index (χ3v) is 2.64. The van der Waals surface area contributed by atoms with E-state index in [1.807, 2.05) is 18.0 Å². The molecular formula is C10H19N3S. The average molecular weight is 213 g/mol. The SMILES string of the molecule is CCCNCc1ccnn1CCSC. The van der Waals surface area contributed by atoms with Gasteiger partial charge in [-0.05, 0) is 25.3 Å². The van der Waals surface area contributed by atoms with Gasteiger partial charge >= 0.3 is 0 Å². The smallest absolute Gasteiger partial charge is 0.0522 e. The maximum absolute atomic E-state index is 4.30. The topological polar surface area (TPSA) is 29.9 Å². The van der Waals surface area contributed by atoms with Crippen molar-refractivity contribution in [3.8, 4) is 0 Å². The molecule has 0 unspecified atom stereocenters. The van der Waals surface area contributed by atoms with Crippen LogP contribution in [0.1, 0.15) is 19.0 Å². The molecule has 0 fully saturated rings. The Morgan fingerprint density at radius 1 is 1.57 bits per heavy atom. The lowest BCUT2D eigenvalue weighted by molar-refractivity contribution is 0.583. The third-order valence-electron chi connectivity index (χ3n) is 2.04. The van der Waals surface area contributed by atoms with Crippen molar-refractivity contribution in [1.29, 1.82) is 0 Å². The monoisotopic (exact) mass is 213 g/mol. The lowest BCUT2D eigenvalue weighted by atomic mass is 10.4. The summed E-state index contributed by atoms with van der Waals surface area (Å²) >= 11 is 1.86. The van der Waals surface area contributed by atoms with Gasteiger partial charge in [0.1, 0.15) is 0 Å². The molecular weight excluding hydrogens is 194 g/mol. The van der Waals surface area contributed by atoms with Gasteiger partial charge < -0.3 is 5.32 Å². The summed E-state index contributed by atoms with van der Waals surface area (Å²) in [7, 11) is 0. The van der Waals surface area contributed by atoms with Crippen LogP contribution in [-0.2, 0) is 13.1 Å². The van der Waals surface area contributed by atoms with Gasteiger partial charge in [-0.15, -0.1) is 0 Å². The molecule has 0 bridgehead atoms. The second-order valence-electron chi connectivity index (χ2n) is 3.22. The molecule has 0 radical (unpaired) electrons. The number of thioether (sulfide) groups is 1. The van der Waals surface area contributed by atoms with Crippen molar-refractivity contribution in [2.45, 2.75) is 26.4 Å². The van der Waals surface area contributed by atoms with Crippen molar-refractivity contribution in [1.82, 2.24) is 15.1 Å². The number of aromatic nitrogens is 2. The Labute approximate surface area is 90.3 Å². The quantitative estimate of drug-likeness (QED) is 0.700. The Morgan fingerprint density at radius 2 is 2.43 bits per heavy atom. The summed E-state index contributed by atoms with van der Waals surface area (Å²) in [4.78, 5) is 0. The van der Waals surface area contributed by atoms with Crippen LogP contribution < -0.4 is 5.32 Å². The van der Waals surface area contributed by atoms with E-state index in [0.29, 0.717) is 0 Å². The third kappa shape index (κ3) is 3.72. The van der Waals surface area contributed by atoms with Crippen molar-refractivity contribution in [3.05, 3.63) is 18.0 Å². The van der Waals surface area contributed by atoms with Crippen LogP contribution in [0.3, 0.4) is 0 Å². The van der Waals surface area contributed by atoms with E-state index in [4.69, 9.17) is 0 Å². The molecule has 1 N–H and O–H groups in total. The minimum Gasteiger partial charge on any atom is -0.311 e. The zero-order valence-electron chi connectivity index (χ0n) is 8.99. The molecule has 4 heteroatoms. The van der Waals surface area contributed by atoms with Gasteiger partial charge in [-0.3, -0.25) is 4.68 Å². The van der Waals surface area contributed by atoms with E-state index in [1.165, 1.54) is 12.1 Å². The largest absolute Gasteiger partial charge is 0.311 e. The molecule has 3 nitrogen and oxygen atoms in total. The molecule has 1 rings (SSSR count). The maximum Gasteiger partial charge on any atom is 0.0522 e. The number of rotatable bonds is 7. The van der Waals surface area contributed by atoms with E-state index in [1.54, 1.807) is 0 Å². The first-order chi connectivity index (χ1) is 6.88. The van der Waals surface area contributed by atoms with Crippen LogP contribution in [0.4, 0.5) is 0 Å². The Kier molecular flexibility index (Phi) is 5.71. The summed E-state index contributed by atoms with van der Waals surface area (Å²) in [5, 5.41) is 7.68. The summed E-state index contributed by atoms with van der Waals surface area (Å²) in [6, 6.07) is 2.09. The molecule has 1 aromatic rings. The number of nitrogens with zero attached hydrogens (tertiary/aromatic N) is 2. The van der Waals surface area contributed by atoms with Crippen LogP contribution >= 0.6 is 11.8 Å². The number of hydrogen-bond donors (Lipinski definition) is 1. The van der Waals surface area contributed by atoms with Gasteiger partial charge in [0, 0.05) is 18.5 Å². The van der Waals surface area contributed by atoms with E-state index < -0.39 is 0 Å². The van der Waals surface area contributed by atoms with Crippen LogP contribution in [0.25, 0.3) is 0 Å². The van der Waals surface area contributed by atoms with E-state index in [2.05, 4.69) is 34.3 Å². The average Bonchev–Trinajstić information content (AvgIpc) is 2.63. The standard InChI is InChI=1S/C10H19N3S/c1-3-5-11-9-10-4-6-12-13(10)7-8-14-2/h4,6,11H,3,5,7-9H2,1-2H3. The van der Waals surface area contributed by atoms with E-state index in [0.717, 1.165) is 25.4 Å². The summed E-state index contributed by atoms with van der Waals surface area (Å²) in [5.41, 5.74) is 1.28. The normalized spacial score (nSPS) is 10.7. The van der Waals surface area contributed by atoms with Crippen LogP contribution in [0, 0.1) is 0 Å². The summed E-state index contributed by atoms with van der Waals surface area (Å²) in [6.07, 6.45) is 5.18. The van der Waals surface area contributed by atoms with Crippen molar-refractivity contribution < 1.29 is 0 Å². The molecule has 0 aliphatic heterocycles. The first-order valence-electron chi connectivity index (χ1n) is 5.08. The molecule has 1 heterocycles. The number of aryl methyl sites for hydroxylation is 1. The molecule has 0 aliphatic rings. The second-order valence-corrected chi connectivity index (χ2v) is 4.20. The fourth-order valence-electron chi connectivity index (χ4n) is 1.28. The van der Waals surface area contributed by atoms with Gasteiger partial charge in [0.05, 0.1) is 12.2 Å². The fraction of sp³-hybridized carbons (Fsp3) is 0.700. The highest BCUT2D eigenvalue weighted by Gasteiger charge is 2.00. The summed E-state index contributed by atoms with van der Waals surface area (Å²) in [5.74, 6) is 1.13. The van der Waals surface area contributed by atoms with Gasteiger partial charge in [0.25, 0.3) is 0 Å². The first kappa shape index (κ1) is 11.6. The zero-order chi connectivity index (χ0) is 10.2. The molecule has 0 amide bonds. The Morgan fingerprint density at radius 3 is 3.14 bits per heavy atom. The highest BCUT2D eigenvalue weighted by atomic mass is 32.2. The Hall–Kier alpha value is -0.480. The Bertz CT molecular complexity index is 247. The molecule has 0 saturated heterocycles. The molecule has 80 valence electrons. The first-order valence-corrected chi connectivity index (χ1v) is 6.48. The molecule has 0 atom stereocenters. The van der Waals surface area contributed by atoms with Gasteiger partial charge in [-0.2, -0.15) is 16.9 Å². The van der Waals surface area contributed by atoms with Crippen LogP contribution in [0.15, 0.2) is 12.3 Å². The van der Waals surface area contributed by atoms with Crippen molar-refractivity contribution in [3.63, 3.8) is 0 Å². The van der Waals surface area contributed by atoms with E-state index in [-0.39, 0.29) is 0 Å². The maximum atomic E-state index is 4.30. The molecule has 0 aliphatic carbocycles. The van der Waals surface area contributed by atoms with E-state index in [9.17, 15) is 0 Å². The lowest BCUT2D eigenvalue weighted by Crippen LogP contribution is -2.17. The zero-order valence-corrected chi connectivity index (χ0v) is 9.81. The molecule has 0 saturated carbocycles. The minimum absolute atomic E-state index is 0.933. The lowest BCUT2D eigenvalue weighted by Gasteiger charge is -2.07.